The molecular formula is C19H21N5. The lowest BCUT2D eigenvalue weighted by Gasteiger charge is -2.40. The Morgan fingerprint density at radius 1 is 1.00 bits per heavy atom. The van der Waals surface area contributed by atoms with Gasteiger partial charge in [-0.15, -0.1) is 0 Å². The molecule has 2 aromatic rings. The van der Waals surface area contributed by atoms with E-state index < -0.39 is 0 Å². The summed E-state index contributed by atoms with van der Waals surface area (Å²) < 4.78 is 0. The Morgan fingerprint density at radius 2 is 1.71 bits per heavy atom. The van der Waals surface area contributed by atoms with Crippen LogP contribution in [-0.2, 0) is 0 Å². The van der Waals surface area contributed by atoms with Gasteiger partial charge in [-0.1, -0.05) is 0 Å². The summed E-state index contributed by atoms with van der Waals surface area (Å²) in [5, 5.41) is 8.92. The third kappa shape index (κ3) is 3.05. The van der Waals surface area contributed by atoms with Crippen LogP contribution in [0.25, 0.3) is 0 Å². The predicted octanol–water partition coefficient (Wildman–Crippen LogP) is 2.99. The molecule has 1 saturated heterocycles. The second-order valence-corrected chi connectivity index (χ2v) is 6.58. The molecule has 0 N–H and O–H groups in total. The van der Waals surface area contributed by atoms with E-state index in [0.29, 0.717) is 12.1 Å². The number of nitriles is 1. The molecule has 24 heavy (non-hydrogen) atoms. The molecule has 5 nitrogen and oxygen atoms in total. The highest BCUT2D eigenvalue weighted by Gasteiger charge is 2.36. The molecule has 2 heterocycles. The van der Waals surface area contributed by atoms with Crippen LogP contribution < -0.4 is 9.80 Å². The highest BCUT2D eigenvalue weighted by molar-refractivity contribution is 5.50. The SMILES string of the molecule is N#Cc1ccc(N2CCC(N(c3ccncn3)C3CC3)CC2)cc1. The standard InChI is InChI=1S/C19H21N5/c20-13-15-1-3-16(4-2-15)23-11-8-18(9-12-23)24(17-5-6-17)19-7-10-21-14-22-19/h1-4,7,10,14,17-18H,5-6,8-9,11-12H2. The van der Waals surface area contributed by atoms with E-state index in [1.807, 2.05) is 24.4 Å². The molecule has 1 aliphatic heterocycles. The quantitative estimate of drug-likeness (QED) is 0.867. The van der Waals surface area contributed by atoms with Gasteiger partial charge < -0.3 is 9.80 Å². The zero-order valence-corrected chi connectivity index (χ0v) is 13.7. The van der Waals surface area contributed by atoms with Crippen molar-refractivity contribution in [2.24, 2.45) is 0 Å². The Morgan fingerprint density at radius 3 is 2.29 bits per heavy atom. The fourth-order valence-corrected chi connectivity index (χ4v) is 3.61. The van der Waals surface area contributed by atoms with Crippen molar-refractivity contribution in [3.63, 3.8) is 0 Å². The minimum absolute atomic E-state index is 0.557. The molecule has 1 aromatic heterocycles. The van der Waals surface area contributed by atoms with Gasteiger partial charge in [-0.2, -0.15) is 5.26 Å². The number of benzene rings is 1. The molecule has 0 amide bonds. The average Bonchev–Trinajstić information content (AvgIpc) is 3.49. The molecule has 0 spiro atoms. The van der Waals surface area contributed by atoms with Crippen LogP contribution in [-0.4, -0.2) is 35.1 Å². The Hall–Kier alpha value is -2.61. The van der Waals surface area contributed by atoms with Crippen LogP contribution in [0, 0.1) is 11.3 Å². The summed E-state index contributed by atoms with van der Waals surface area (Å²) in [6.07, 6.45) is 8.32. The second-order valence-electron chi connectivity index (χ2n) is 6.58. The molecule has 0 bridgehead atoms. The number of nitrogens with zero attached hydrogens (tertiary/aromatic N) is 5. The van der Waals surface area contributed by atoms with Gasteiger partial charge in [-0.25, -0.2) is 9.97 Å². The van der Waals surface area contributed by atoms with Crippen molar-refractivity contribution in [3.05, 3.63) is 48.4 Å². The number of aromatic nitrogens is 2. The summed E-state index contributed by atoms with van der Waals surface area (Å²) in [6.45, 7) is 2.09. The molecule has 0 unspecified atom stereocenters. The van der Waals surface area contributed by atoms with Gasteiger partial charge in [0.2, 0.25) is 0 Å². The molecule has 1 saturated carbocycles. The summed E-state index contributed by atoms with van der Waals surface area (Å²) in [5.41, 5.74) is 1.93. The summed E-state index contributed by atoms with van der Waals surface area (Å²) in [5.74, 6) is 1.07. The molecule has 0 radical (unpaired) electrons. The van der Waals surface area contributed by atoms with Crippen molar-refractivity contribution in [1.29, 1.82) is 5.26 Å². The fraction of sp³-hybridized carbons (Fsp3) is 0.421. The highest BCUT2D eigenvalue weighted by atomic mass is 15.3. The largest absolute Gasteiger partial charge is 0.371 e. The van der Waals surface area contributed by atoms with Crippen molar-refractivity contribution in [2.45, 2.75) is 37.8 Å². The number of piperidine rings is 1. The summed E-state index contributed by atoms with van der Waals surface area (Å²) in [6, 6.07) is 13.3. The number of rotatable bonds is 4. The molecule has 1 aliphatic carbocycles. The first-order chi connectivity index (χ1) is 11.8. The van der Waals surface area contributed by atoms with Crippen molar-refractivity contribution < 1.29 is 0 Å². The maximum Gasteiger partial charge on any atom is 0.132 e. The van der Waals surface area contributed by atoms with E-state index in [1.165, 1.54) is 18.5 Å². The average molecular weight is 319 g/mol. The molecule has 5 heteroatoms. The zero-order chi connectivity index (χ0) is 16.4. The van der Waals surface area contributed by atoms with Gasteiger partial charge in [0.05, 0.1) is 11.6 Å². The third-order valence-corrected chi connectivity index (χ3v) is 4.99. The topological polar surface area (TPSA) is 56.1 Å². The van der Waals surface area contributed by atoms with Crippen LogP contribution in [0.1, 0.15) is 31.2 Å². The molecule has 1 aromatic carbocycles. The van der Waals surface area contributed by atoms with E-state index in [0.717, 1.165) is 37.3 Å². The number of hydrogen-bond donors (Lipinski definition) is 0. The normalized spacial score (nSPS) is 18.2. The van der Waals surface area contributed by atoms with Crippen molar-refractivity contribution in [2.75, 3.05) is 22.9 Å². The van der Waals surface area contributed by atoms with Crippen LogP contribution >= 0.6 is 0 Å². The van der Waals surface area contributed by atoms with Gasteiger partial charge in [0.15, 0.2) is 0 Å². The summed E-state index contributed by atoms with van der Waals surface area (Å²) >= 11 is 0. The van der Waals surface area contributed by atoms with E-state index in [1.54, 1.807) is 6.33 Å². The zero-order valence-electron chi connectivity index (χ0n) is 13.7. The minimum Gasteiger partial charge on any atom is -0.371 e. The second kappa shape index (κ2) is 6.48. The lowest BCUT2D eigenvalue weighted by Crippen LogP contribution is -2.46. The van der Waals surface area contributed by atoms with E-state index in [4.69, 9.17) is 5.26 Å². The van der Waals surface area contributed by atoms with Crippen molar-refractivity contribution >= 4 is 11.5 Å². The first-order valence-corrected chi connectivity index (χ1v) is 8.64. The van der Waals surface area contributed by atoms with Gasteiger partial charge in [0.25, 0.3) is 0 Å². The van der Waals surface area contributed by atoms with Gasteiger partial charge in [-0.05, 0) is 56.0 Å². The highest BCUT2D eigenvalue weighted by Crippen LogP contribution is 2.35. The fourth-order valence-electron chi connectivity index (χ4n) is 3.61. The van der Waals surface area contributed by atoms with Crippen LogP contribution in [0.4, 0.5) is 11.5 Å². The number of hydrogen-bond acceptors (Lipinski definition) is 5. The molecule has 0 atom stereocenters. The Labute approximate surface area is 142 Å². The first-order valence-electron chi connectivity index (χ1n) is 8.64. The van der Waals surface area contributed by atoms with Crippen LogP contribution in [0.3, 0.4) is 0 Å². The summed E-state index contributed by atoms with van der Waals surface area (Å²) in [4.78, 5) is 13.5. The molecule has 2 fully saturated rings. The van der Waals surface area contributed by atoms with Crippen LogP contribution in [0.15, 0.2) is 42.9 Å². The van der Waals surface area contributed by atoms with Gasteiger partial charge in [0, 0.05) is 37.1 Å². The van der Waals surface area contributed by atoms with Crippen LogP contribution in [0.5, 0.6) is 0 Å². The lowest BCUT2D eigenvalue weighted by molar-refractivity contribution is 0.459. The Kier molecular flexibility index (Phi) is 4.04. The molecule has 2 aliphatic rings. The Balaban J connectivity index is 1.44. The van der Waals surface area contributed by atoms with Gasteiger partial charge >= 0.3 is 0 Å². The van der Waals surface area contributed by atoms with Crippen molar-refractivity contribution in [3.8, 4) is 6.07 Å². The maximum absolute atomic E-state index is 8.92. The predicted molar refractivity (Wildman–Crippen MR) is 93.9 cm³/mol. The molecular weight excluding hydrogens is 298 g/mol. The van der Waals surface area contributed by atoms with E-state index in [2.05, 4.69) is 38.0 Å². The molecule has 4 rings (SSSR count). The molecule has 122 valence electrons. The monoisotopic (exact) mass is 319 g/mol. The van der Waals surface area contributed by atoms with Crippen molar-refractivity contribution in [1.82, 2.24) is 9.97 Å². The van der Waals surface area contributed by atoms with E-state index in [9.17, 15) is 0 Å². The van der Waals surface area contributed by atoms with E-state index in [-0.39, 0.29) is 0 Å². The van der Waals surface area contributed by atoms with Gasteiger partial charge in [0.1, 0.15) is 12.1 Å². The third-order valence-electron chi connectivity index (χ3n) is 4.99. The summed E-state index contributed by atoms with van der Waals surface area (Å²) in [7, 11) is 0. The number of anilines is 2. The van der Waals surface area contributed by atoms with Gasteiger partial charge in [-0.3, -0.25) is 0 Å². The minimum atomic E-state index is 0.557. The maximum atomic E-state index is 8.92. The van der Waals surface area contributed by atoms with Crippen LogP contribution in [0.2, 0.25) is 0 Å². The smallest absolute Gasteiger partial charge is 0.132 e. The Bertz CT molecular complexity index is 710. The van der Waals surface area contributed by atoms with E-state index >= 15 is 0 Å². The first kappa shape index (κ1) is 14.9. The lowest BCUT2D eigenvalue weighted by atomic mass is 10.0.